The van der Waals surface area contributed by atoms with Crippen LogP contribution in [0, 0.1) is 19.8 Å². The van der Waals surface area contributed by atoms with Gasteiger partial charge in [-0.15, -0.1) is 6.04 Å². The molecule has 7 heavy (non-hydrogen) atoms. The van der Waals surface area contributed by atoms with E-state index in [1.54, 1.807) is 0 Å². The molecule has 0 aromatic carbocycles. The van der Waals surface area contributed by atoms with Crippen molar-refractivity contribution in [1.29, 1.82) is 0 Å². The molecule has 1 radical (unpaired) electrons. The normalized spacial score (nSPS) is 17.1. The topological polar surface area (TPSA) is 26.0 Å². The van der Waals surface area contributed by atoms with Crippen molar-refractivity contribution in [3.8, 4) is 0 Å². The van der Waals surface area contributed by atoms with E-state index in [1.165, 1.54) is 0 Å². The van der Waals surface area contributed by atoms with Gasteiger partial charge in [0.15, 0.2) is 0 Å². The van der Waals surface area contributed by atoms with Gasteiger partial charge in [-0.3, -0.25) is 0 Å². The third-order valence-electron chi connectivity index (χ3n) is 0.731. The Morgan fingerprint density at radius 3 is 1.57 bits per heavy atom. The Hall–Kier alpha value is 1.06. The molecule has 2 unspecified atom stereocenters. The summed E-state index contributed by atoms with van der Waals surface area (Å²) in [5, 5.41) is 0. The van der Waals surface area contributed by atoms with E-state index in [4.69, 9.17) is 5.73 Å². The van der Waals surface area contributed by atoms with Gasteiger partial charge < -0.3 is 19.6 Å². The summed E-state index contributed by atoms with van der Waals surface area (Å²) in [6.07, 6.45) is 0. The van der Waals surface area contributed by atoms with E-state index in [1.807, 2.05) is 6.92 Å². The summed E-state index contributed by atoms with van der Waals surface area (Å²) < 4.78 is 0. The second-order valence-electron chi connectivity index (χ2n) is 1.64. The van der Waals surface area contributed by atoms with Crippen molar-refractivity contribution >= 4 is 0 Å². The molecule has 0 saturated heterocycles. The zero-order valence-corrected chi connectivity index (χ0v) is 7.56. The minimum absolute atomic E-state index is 0. The van der Waals surface area contributed by atoms with Gasteiger partial charge >= 0.3 is 0 Å². The van der Waals surface area contributed by atoms with Crippen LogP contribution in [0.1, 0.15) is 6.92 Å². The fraction of sp³-hybridized carbons (Fsp3) is 0.600. The molecule has 0 aromatic heterocycles. The second-order valence-corrected chi connectivity index (χ2v) is 1.64. The molecule has 1 nitrogen and oxygen atoms in total. The largest absolute Gasteiger partial charge is 0.359 e. The Balaban J connectivity index is 0. The van der Waals surface area contributed by atoms with Gasteiger partial charge in [-0.1, -0.05) is 6.92 Å². The maximum Gasteiger partial charge on any atom is 0 e. The monoisotopic (exact) mass is 174 g/mol. The minimum Gasteiger partial charge on any atom is -0.359 e. The van der Waals surface area contributed by atoms with Crippen molar-refractivity contribution in [2.75, 3.05) is 0 Å². The first-order valence-electron chi connectivity index (χ1n) is 2.06. The van der Waals surface area contributed by atoms with E-state index >= 15 is 0 Å². The molecule has 41 valence electrons. The molecule has 0 fully saturated rings. The van der Waals surface area contributed by atoms with Crippen molar-refractivity contribution in [2.24, 2.45) is 11.7 Å². The number of hydrogen-bond donors (Lipinski definition) is 1. The molecule has 0 rings (SSSR count). The molecule has 0 aliphatic carbocycles. The van der Waals surface area contributed by atoms with Crippen LogP contribution < -0.4 is 5.73 Å². The summed E-state index contributed by atoms with van der Waals surface area (Å²) in [6.45, 7) is 9.15. The van der Waals surface area contributed by atoms with Crippen molar-refractivity contribution in [3.05, 3.63) is 13.8 Å². The van der Waals surface area contributed by atoms with Gasteiger partial charge in [-0.2, -0.15) is 5.92 Å². The summed E-state index contributed by atoms with van der Waals surface area (Å²) in [5.41, 5.74) is 5.26. The van der Waals surface area contributed by atoms with Gasteiger partial charge in [0.1, 0.15) is 0 Å². The zero-order chi connectivity index (χ0) is 5.15. The molecule has 0 aliphatic heterocycles. The summed E-state index contributed by atoms with van der Waals surface area (Å²) in [7, 11) is 0. The van der Waals surface area contributed by atoms with Gasteiger partial charge in [0, 0.05) is 32.7 Å². The minimum atomic E-state index is -0.00926. The Kier molecular flexibility index (Phi) is 8.14. The van der Waals surface area contributed by atoms with Crippen LogP contribution in [0.4, 0.5) is 0 Å². The average Bonchev–Trinajstić information content (AvgIpc) is 1.36. The van der Waals surface area contributed by atoms with E-state index in [0.29, 0.717) is 0 Å². The first-order valence-corrected chi connectivity index (χ1v) is 2.06. The van der Waals surface area contributed by atoms with Crippen LogP contribution in [0.5, 0.6) is 0 Å². The van der Waals surface area contributed by atoms with Crippen LogP contribution in [0.3, 0.4) is 0 Å². The zero-order valence-electron chi connectivity index (χ0n) is 4.72. The molecule has 0 bridgehead atoms. The summed E-state index contributed by atoms with van der Waals surface area (Å²) in [5.74, 6) is 0.269. The van der Waals surface area contributed by atoms with Gasteiger partial charge in [0.2, 0.25) is 0 Å². The second kappa shape index (κ2) is 5.21. The van der Waals surface area contributed by atoms with Crippen LogP contribution in [-0.4, -0.2) is 6.04 Å². The average molecular weight is 174 g/mol. The molecular weight excluding hydrogens is 163 g/mol. The molecule has 2 heteroatoms. The standard InChI is InChI=1S/C5H11N.Y/c1-4(2)5(3)6;/h4-5H,1,3,6H2,2H3;/q-2;. The molecule has 2 N–H and O–H groups in total. The summed E-state index contributed by atoms with van der Waals surface area (Å²) in [6, 6.07) is -0.00926. The Morgan fingerprint density at radius 2 is 1.57 bits per heavy atom. The van der Waals surface area contributed by atoms with Crippen molar-refractivity contribution in [3.63, 3.8) is 0 Å². The van der Waals surface area contributed by atoms with Crippen molar-refractivity contribution in [2.45, 2.75) is 13.0 Å². The third kappa shape index (κ3) is 7.06. The smallest absolute Gasteiger partial charge is 0 e. The number of nitrogens with two attached hydrogens (primary N) is 1. The Labute approximate surface area is 70.9 Å². The molecule has 0 aliphatic rings. The summed E-state index contributed by atoms with van der Waals surface area (Å²) >= 11 is 0. The van der Waals surface area contributed by atoms with E-state index in [-0.39, 0.29) is 44.7 Å². The van der Waals surface area contributed by atoms with Crippen LogP contribution >= 0.6 is 0 Å². The third-order valence-corrected chi connectivity index (χ3v) is 0.731. The van der Waals surface area contributed by atoms with E-state index in [0.717, 1.165) is 0 Å². The van der Waals surface area contributed by atoms with Crippen molar-refractivity contribution < 1.29 is 32.7 Å². The van der Waals surface area contributed by atoms with Crippen LogP contribution in [0.15, 0.2) is 0 Å². The molecule has 2 atom stereocenters. The fourth-order valence-electron chi connectivity index (χ4n) is 0. The van der Waals surface area contributed by atoms with E-state index in [2.05, 4.69) is 13.8 Å². The molecule has 0 aromatic rings. The fourth-order valence-corrected chi connectivity index (χ4v) is 0. The summed E-state index contributed by atoms with van der Waals surface area (Å²) in [4.78, 5) is 0. The molecule has 0 heterocycles. The predicted molar refractivity (Wildman–Crippen MR) is 27.9 cm³/mol. The van der Waals surface area contributed by atoms with Crippen LogP contribution in [-0.2, 0) is 32.7 Å². The maximum atomic E-state index is 5.26. The molecule has 0 saturated carbocycles. The van der Waals surface area contributed by atoms with E-state index < -0.39 is 0 Å². The molecular formula is C5H11NY-2. The van der Waals surface area contributed by atoms with Crippen molar-refractivity contribution in [1.82, 2.24) is 0 Å². The number of hydrogen-bond acceptors (Lipinski definition) is 1. The number of rotatable bonds is 1. The first kappa shape index (κ1) is 10.9. The first-order chi connectivity index (χ1) is 2.64. The Bertz CT molecular complexity index is 29.1. The van der Waals surface area contributed by atoms with Gasteiger partial charge in [0.05, 0.1) is 0 Å². The predicted octanol–water partition coefficient (Wildman–Crippen LogP) is 0.615. The SMILES string of the molecule is [CH2-]C(C)C([CH2-])N.[Y]. The molecule has 0 amide bonds. The maximum absolute atomic E-state index is 5.26. The van der Waals surface area contributed by atoms with Gasteiger partial charge in [-0.05, 0) is 0 Å². The van der Waals surface area contributed by atoms with E-state index in [9.17, 15) is 0 Å². The van der Waals surface area contributed by atoms with Gasteiger partial charge in [-0.25, -0.2) is 0 Å². The van der Waals surface area contributed by atoms with Crippen LogP contribution in [0.2, 0.25) is 0 Å². The molecule has 0 spiro atoms. The Morgan fingerprint density at radius 1 is 1.43 bits per heavy atom. The van der Waals surface area contributed by atoms with Crippen LogP contribution in [0.25, 0.3) is 0 Å². The van der Waals surface area contributed by atoms with Gasteiger partial charge in [0.25, 0.3) is 0 Å². The quantitative estimate of drug-likeness (QED) is 0.579.